The maximum atomic E-state index is 12.3. The molecule has 88 valence electrons. The van der Waals surface area contributed by atoms with E-state index in [1.54, 1.807) is 0 Å². The summed E-state index contributed by atoms with van der Waals surface area (Å²) < 4.78 is 41.6. The smallest absolute Gasteiger partial charge is 0.417 e. The van der Waals surface area contributed by atoms with E-state index < -0.39 is 17.5 Å². The first-order valence-corrected chi connectivity index (χ1v) is 4.60. The first-order chi connectivity index (χ1) is 7.98. The predicted octanol–water partition coefficient (Wildman–Crippen LogP) is 2.92. The van der Waals surface area contributed by atoms with Gasteiger partial charge >= 0.3 is 6.18 Å². The number of rotatable bonds is 2. The van der Waals surface area contributed by atoms with Crippen molar-refractivity contribution in [2.45, 2.75) is 6.18 Å². The molecule has 0 fully saturated rings. The molecule has 3 nitrogen and oxygen atoms in total. The Morgan fingerprint density at radius 2 is 2.00 bits per heavy atom. The summed E-state index contributed by atoms with van der Waals surface area (Å²) >= 11 is 0. The fourth-order valence-electron chi connectivity index (χ4n) is 1.23. The minimum atomic E-state index is -4.46. The summed E-state index contributed by atoms with van der Waals surface area (Å²) in [7, 11) is 0. The fourth-order valence-corrected chi connectivity index (χ4v) is 1.23. The molecular formula is C11H6F3NO2. The van der Waals surface area contributed by atoms with Gasteiger partial charge in [0.1, 0.15) is 5.69 Å². The van der Waals surface area contributed by atoms with Crippen molar-refractivity contribution in [3.8, 4) is 0 Å². The molecule has 0 amide bonds. The lowest BCUT2D eigenvalue weighted by Crippen LogP contribution is -2.08. The summed E-state index contributed by atoms with van der Waals surface area (Å²) in [5.41, 5.74) is -0.985. The summed E-state index contributed by atoms with van der Waals surface area (Å²) in [6, 6.07) is 4.76. The van der Waals surface area contributed by atoms with Crippen LogP contribution in [0.4, 0.5) is 13.2 Å². The zero-order valence-corrected chi connectivity index (χ0v) is 8.36. The highest BCUT2D eigenvalue weighted by atomic mass is 19.4. The molecule has 0 atom stereocenters. The number of ketones is 1. The van der Waals surface area contributed by atoms with Gasteiger partial charge in [0.15, 0.2) is 5.76 Å². The predicted molar refractivity (Wildman–Crippen MR) is 51.4 cm³/mol. The largest absolute Gasteiger partial charge is 0.461 e. The number of halogens is 3. The van der Waals surface area contributed by atoms with Gasteiger partial charge in [0, 0.05) is 6.20 Å². The molecule has 2 aromatic rings. The second-order valence-electron chi connectivity index (χ2n) is 3.24. The lowest BCUT2D eigenvalue weighted by molar-refractivity contribution is -0.137. The Labute approximate surface area is 93.9 Å². The maximum absolute atomic E-state index is 12.3. The van der Waals surface area contributed by atoms with Crippen molar-refractivity contribution < 1.29 is 22.4 Å². The minimum Gasteiger partial charge on any atom is -0.461 e. The van der Waals surface area contributed by atoms with E-state index in [4.69, 9.17) is 4.42 Å². The van der Waals surface area contributed by atoms with Gasteiger partial charge < -0.3 is 4.42 Å². The summed E-state index contributed by atoms with van der Waals surface area (Å²) in [5.74, 6) is -0.513. The fraction of sp³-hybridized carbons (Fsp3) is 0.0909. The average Bonchev–Trinajstić information content (AvgIpc) is 2.80. The SMILES string of the molecule is O=C(c1ccc(C(F)(F)F)cn1)c1ccco1. The van der Waals surface area contributed by atoms with Crippen LogP contribution in [0.5, 0.6) is 0 Å². The van der Waals surface area contributed by atoms with Gasteiger partial charge in [-0.15, -0.1) is 0 Å². The molecule has 0 aliphatic rings. The molecule has 17 heavy (non-hydrogen) atoms. The van der Waals surface area contributed by atoms with Crippen LogP contribution in [0.1, 0.15) is 21.8 Å². The van der Waals surface area contributed by atoms with E-state index in [2.05, 4.69) is 4.98 Å². The Bertz CT molecular complexity index is 515. The molecule has 2 rings (SSSR count). The molecule has 0 unspecified atom stereocenters. The van der Waals surface area contributed by atoms with E-state index in [0.717, 1.165) is 12.1 Å². The highest BCUT2D eigenvalue weighted by Crippen LogP contribution is 2.28. The van der Waals surface area contributed by atoms with Crippen LogP contribution in [0, 0.1) is 0 Å². The molecular weight excluding hydrogens is 235 g/mol. The topological polar surface area (TPSA) is 43.1 Å². The Kier molecular flexibility index (Phi) is 2.71. The standard InChI is InChI=1S/C11H6F3NO2/c12-11(13,14)7-3-4-8(15-6-7)10(16)9-2-1-5-17-9/h1-6H. The van der Waals surface area contributed by atoms with Crippen molar-refractivity contribution in [1.82, 2.24) is 4.98 Å². The van der Waals surface area contributed by atoms with Gasteiger partial charge in [-0.3, -0.25) is 9.78 Å². The molecule has 0 N–H and O–H groups in total. The summed E-state index contributed by atoms with van der Waals surface area (Å²) in [6.07, 6.45) is -2.53. The number of nitrogens with zero attached hydrogens (tertiary/aromatic N) is 1. The zero-order chi connectivity index (χ0) is 12.5. The maximum Gasteiger partial charge on any atom is 0.417 e. The van der Waals surface area contributed by atoms with Crippen LogP contribution in [0.25, 0.3) is 0 Å². The zero-order valence-electron chi connectivity index (χ0n) is 8.36. The van der Waals surface area contributed by atoms with Crippen LogP contribution in [-0.2, 0) is 6.18 Å². The molecule has 0 saturated heterocycles. The van der Waals surface area contributed by atoms with E-state index in [9.17, 15) is 18.0 Å². The Morgan fingerprint density at radius 3 is 2.47 bits per heavy atom. The van der Waals surface area contributed by atoms with Crippen molar-refractivity contribution >= 4 is 5.78 Å². The van der Waals surface area contributed by atoms with Gasteiger partial charge in [0.25, 0.3) is 0 Å². The lowest BCUT2D eigenvalue weighted by atomic mass is 10.2. The molecule has 0 aliphatic carbocycles. The highest BCUT2D eigenvalue weighted by Gasteiger charge is 2.31. The number of furan rings is 1. The Hall–Kier alpha value is -2.11. The quantitative estimate of drug-likeness (QED) is 0.759. The van der Waals surface area contributed by atoms with Crippen molar-refractivity contribution in [1.29, 1.82) is 0 Å². The molecule has 0 saturated carbocycles. The van der Waals surface area contributed by atoms with Gasteiger partial charge in [-0.2, -0.15) is 13.2 Å². The number of alkyl halides is 3. The van der Waals surface area contributed by atoms with Crippen molar-refractivity contribution in [3.05, 3.63) is 53.7 Å². The van der Waals surface area contributed by atoms with Crippen molar-refractivity contribution in [3.63, 3.8) is 0 Å². The molecule has 0 spiro atoms. The summed E-state index contributed by atoms with van der Waals surface area (Å²) in [5, 5.41) is 0. The molecule has 0 aliphatic heterocycles. The third-order valence-corrected chi connectivity index (χ3v) is 2.07. The van der Waals surface area contributed by atoms with E-state index >= 15 is 0 Å². The van der Waals surface area contributed by atoms with E-state index in [1.165, 1.54) is 18.4 Å². The Morgan fingerprint density at radius 1 is 1.24 bits per heavy atom. The van der Waals surface area contributed by atoms with Crippen LogP contribution in [0.2, 0.25) is 0 Å². The van der Waals surface area contributed by atoms with Gasteiger partial charge in [-0.05, 0) is 24.3 Å². The van der Waals surface area contributed by atoms with Crippen LogP contribution in [0.3, 0.4) is 0 Å². The van der Waals surface area contributed by atoms with E-state index in [-0.39, 0.29) is 11.5 Å². The van der Waals surface area contributed by atoms with Crippen LogP contribution in [-0.4, -0.2) is 10.8 Å². The number of pyridine rings is 1. The van der Waals surface area contributed by atoms with Gasteiger partial charge in [0.05, 0.1) is 11.8 Å². The van der Waals surface area contributed by atoms with Gasteiger partial charge in [-0.25, -0.2) is 0 Å². The van der Waals surface area contributed by atoms with Crippen LogP contribution >= 0.6 is 0 Å². The number of aromatic nitrogens is 1. The third-order valence-electron chi connectivity index (χ3n) is 2.07. The Balaban J connectivity index is 2.28. The average molecular weight is 241 g/mol. The summed E-state index contributed by atoms with van der Waals surface area (Å²) in [4.78, 5) is 15.1. The minimum absolute atomic E-state index is 0.0391. The monoisotopic (exact) mass is 241 g/mol. The number of carbonyl (C=O) groups is 1. The number of hydrogen-bond acceptors (Lipinski definition) is 3. The van der Waals surface area contributed by atoms with Crippen LogP contribution < -0.4 is 0 Å². The normalized spacial score (nSPS) is 11.5. The first-order valence-electron chi connectivity index (χ1n) is 4.60. The molecule has 0 radical (unpaired) electrons. The second kappa shape index (κ2) is 4.04. The lowest BCUT2D eigenvalue weighted by Gasteiger charge is -2.05. The van der Waals surface area contributed by atoms with Gasteiger partial charge in [0.2, 0.25) is 5.78 Å². The molecule has 6 heteroatoms. The van der Waals surface area contributed by atoms with E-state index in [1.807, 2.05) is 0 Å². The van der Waals surface area contributed by atoms with E-state index in [0.29, 0.717) is 6.20 Å². The number of hydrogen-bond donors (Lipinski definition) is 0. The second-order valence-corrected chi connectivity index (χ2v) is 3.24. The first kappa shape index (κ1) is 11.4. The molecule has 0 bridgehead atoms. The summed E-state index contributed by atoms with van der Waals surface area (Å²) in [6.45, 7) is 0. The van der Waals surface area contributed by atoms with Crippen LogP contribution in [0.15, 0.2) is 41.1 Å². The molecule has 2 aromatic heterocycles. The molecule has 2 heterocycles. The van der Waals surface area contributed by atoms with Gasteiger partial charge in [-0.1, -0.05) is 0 Å². The van der Waals surface area contributed by atoms with Crippen molar-refractivity contribution in [2.24, 2.45) is 0 Å². The number of carbonyl (C=O) groups excluding carboxylic acids is 1. The highest BCUT2D eigenvalue weighted by molar-refractivity contribution is 6.05. The molecule has 0 aromatic carbocycles. The van der Waals surface area contributed by atoms with Crippen molar-refractivity contribution in [2.75, 3.05) is 0 Å². The third kappa shape index (κ3) is 2.35.